The molecule has 1 amide bonds. The van der Waals surface area contributed by atoms with Crippen LogP contribution in [0.4, 0.5) is 5.82 Å². The topological polar surface area (TPSA) is 38.1 Å². The van der Waals surface area contributed by atoms with Gasteiger partial charge >= 0.3 is 0 Å². The van der Waals surface area contributed by atoms with Crippen molar-refractivity contribution in [2.24, 2.45) is 0 Å². The van der Waals surface area contributed by atoms with Gasteiger partial charge in [-0.1, -0.05) is 47.5 Å². The van der Waals surface area contributed by atoms with E-state index < -0.39 is 0 Å². The van der Waals surface area contributed by atoms with E-state index in [1.165, 1.54) is 4.90 Å². The van der Waals surface area contributed by atoms with Crippen molar-refractivity contribution in [3.63, 3.8) is 0 Å². The molecule has 116 valence electrons. The molecule has 4 nitrogen and oxygen atoms in total. The molecule has 3 rings (SSSR count). The number of carbonyl (C=O) groups is 1. The second kappa shape index (κ2) is 6.44. The van der Waals surface area contributed by atoms with Gasteiger partial charge in [-0.15, -0.1) is 5.10 Å². The molecule has 1 aromatic heterocycles. The van der Waals surface area contributed by atoms with Gasteiger partial charge in [-0.3, -0.25) is 9.69 Å². The van der Waals surface area contributed by atoms with Gasteiger partial charge in [-0.05, 0) is 24.3 Å². The van der Waals surface area contributed by atoms with Crippen LogP contribution in [0, 0.1) is 0 Å². The van der Waals surface area contributed by atoms with Crippen LogP contribution in [0.15, 0.2) is 60.8 Å². The molecule has 0 bridgehead atoms. The van der Waals surface area contributed by atoms with Crippen LogP contribution in [0.2, 0.25) is 10.0 Å². The predicted molar refractivity (Wildman–Crippen MR) is 92.8 cm³/mol. The molecule has 0 aliphatic carbocycles. The van der Waals surface area contributed by atoms with Gasteiger partial charge in [-0.2, -0.15) is 0 Å². The molecule has 23 heavy (non-hydrogen) atoms. The minimum absolute atomic E-state index is 0.222. The van der Waals surface area contributed by atoms with Gasteiger partial charge in [0, 0.05) is 19.3 Å². The fourth-order valence-corrected chi connectivity index (χ4v) is 2.62. The van der Waals surface area contributed by atoms with E-state index in [9.17, 15) is 4.79 Å². The third kappa shape index (κ3) is 3.09. The molecule has 0 N–H and O–H groups in total. The lowest BCUT2D eigenvalue weighted by Gasteiger charge is -2.15. The van der Waals surface area contributed by atoms with Crippen molar-refractivity contribution in [2.45, 2.75) is 0 Å². The Hall–Kier alpha value is -2.30. The summed E-state index contributed by atoms with van der Waals surface area (Å²) in [4.78, 5) is 14.0. The van der Waals surface area contributed by atoms with Gasteiger partial charge in [0.1, 0.15) is 0 Å². The molecule has 1 heterocycles. The Balaban J connectivity index is 1.90. The van der Waals surface area contributed by atoms with Crippen molar-refractivity contribution in [3.8, 4) is 5.69 Å². The van der Waals surface area contributed by atoms with Crippen LogP contribution in [0.1, 0.15) is 10.4 Å². The van der Waals surface area contributed by atoms with E-state index in [4.69, 9.17) is 23.2 Å². The SMILES string of the molecule is CN(C(=O)c1ccccc1Cl)c1ccn(-c2ccccc2Cl)n1. The van der Waals surface area contributed by atoms with E-state index in [1.54, 1.807) is 54.3 Å². The maximum Gasteiger partial charge on any atom is 0.260 e. The third-order valence-electron chi connectivity index (χ3n) is 3.43. The first-order valence-electron chi connectivity index (χ1n) is 6.91. The van der Waals surface area contributed by atoms with Gasteiger partial charge in [0.05, 0.1) is 21.3 Å². The van der Waals surface area contributed by atoms with Crippen LogP contribution in [0.5, 0.6) is 0 Å². The number of para-hydroxylation sites is 1. The van der Waals surface area contributed by atoms with Crippen molar-refractivity contribution < 1.29 is 4.79 Å². The largest absolute Gasteiger partial charge is 0.294 e. The number of halogens is 2. The average Bonchev–Trinajstić information content (AvgIpc) is 3.04. The first kappa shape index (κ1) is 15.6. The second-order valence-corrected chi connectivity index (χ2v) is 5.73. The standard InChI is InChI=1S/C17H13Cl2N3O/c1-21(17(23)12-6-2-3-7-13(12)18)16-10-11-22(20-16)15-9-5-4-8-14(15)19/h2-11H,1H3. The highest BCUT2D eigenvalue weighted by Gasteiger charge is 2.18. The number of rotatable bonds is 3. The fraction of sp³-hybridized carbons (Fsp3) is 0.0588. The summed E-state index contributed by atoms with van der Waals surface area (Å²) in [6.45, 7) is 0. The van der Waals surface area contributed by atoms with Gasteiger partial charge in [-0.25, -0.2) is 4.68 Å². The Bertz CT molecular complexity index is 860. The van der Waals surface area contributed by atoms with Crippen LogP contribution in [-0.2, 0) is 0 Å². The summed E-state index contributed by atoms with van der Waals surface area (Å²) >= 11 is 12.2. The third-order valence-corrected chi connectivity index (χ3v) is 4.08. The van der Waals surface area contributed by atoms with Gasteiger partial charge < -0.3 is 0 Å². The van der Waals surface area contributed by atoms with E-state index in [0.717, 1.165) is 5.69 Å². The Morgan fingerprint density at radius 1 is 1.00 bits per heavy atom. The normalized spacial score (nSPS) is 10.6. The van der Waals surface area contributed by atoms with Crippen LogP contribution in [-0.4, -0.2) is 22.7 Å². The highest BCUT2D eigenvalue weighted by Crippen LogP contribution is 2.23. The number of amides is 1. The summed E-state index contributed by atoms with van der Waals surface area (Å²) in [6, 6.07) is 16.0. The summed E-state index contributed by atoms with van der Waals surface area (Å²) in [7, 11) is 1.66. The molecule has 0 spiro atoms. The lowest BCUT2D eigenvalue weighted by atomic mass is 10.2. The molecule has 0 atom stereocenters. The number of aromatic nitrogens is 2. The van der Waals surface area contributed by atoms with Gasteiger partial charge in [0.25, 0.3) is 5.91 Å². The average molecular weight is 346 g/mol. The van der Waals surface area contributed by atoms with Crippen molar-refractivity contribution in [3.05, 3.63) is 76.4 Å². The van der Waals surface area contributed by atoms with Gasteiger partial charge in [0.15, 0.2) is 5.82 Å². The highest BCUT2D eigenvalue weighted by molar-refractivity contribution is 6.34. The Kier molecular flexibility index (Phi) is 4.37. The van der Waals surface area contributed by atoms with Crippen molar-refractivity contribution in [1.29, 1.82) is 0 Å². The maximum absolute atomic E-state index is 12.5. The van der Waals surface area contributed by atoms with E-state index in [0.29, 0.717) is 21.4 Å². The summed E-state index contributed by atoms with van der Waals surface area (Å²) in [5.41, 5.74) is 1.18. The summed E-state index contributed by atoms with van der Waals surface area (Å²) in [5, 5.41) is 5.41. The molecule has 2 aromatic carbocycles. The Morgan fingerprint density at radius 3 is 2.35 bits per heavy atom. The minimum atomic E-state index is -0.222. The molecule has 0 saturated carbocycles. The minimum Gasteiger partial charge on any atom is -0.294 e. The zero-order valence-electron chi connectivity index (χ0n) is 12.3. The molecule has 0 radical (unpaired) electrons. The molecule has 3 aromatic rings. The van der Waals surface area contributed by atoms with Gasteiger partial charge in [0.2, 0.25) is 0 Å². The van der Waals surface area contributed by atoms with Crippen LogP contribution in [0.3, 0.4) is 0 Å². The molecule has 0 fully saturated rings. The lowest BCUT2D eigenvalue weighted by Crippen LogP contribution is -2.27. The van der Waals surface area contributed by atoms with Crippen LogP contribution in [0.25, 0.3) is 5.69 Å². The second-order valence-electron chi connectivity index (χ2n) is 4.91. The number of hydrogen-bond donors (Lipinski definition) is 0. The molecular formula is C17H13Cl2N3O. The first-order chi connectivity index (χ1) is 11.1. The summed E-state index contributed by atoms with van der Waals surface area (Å²) < 4.78 is 1.63. The molecule has 0 aliphatic heterocycles. The molecule has 0 unspecified atom stereocenters. The maximum atomic E-state index is 12.5. The predicted octanol–water partition coefficient (Wildman–Crippen LogP) is 4.46. The van der Waals surface area contributed by atoms with E-state index in [1.807, 2.05) is 18.2 Å². The quantitative estimate of drug-likeness (QED) is 0.702. The Labute approximate surface area is 143 Å². The monoisotopic (exact) mass is 345 g/mol. The summed E-state index contributed by atoms with van der Waals surface area (Å²) in [6.07, 6.45) is 1.76. The summed E-state index contributed by atoms with van der Waals surface area (Å²) in [5.74, 6) is 0.287. The number of hydrogen-bond acceptors (Lipinski definition) is 2. The molecule has 0 saturated heterocycles. The van der Waals surface area contributed by atoms with Crippen molar-refractivity contribution >= 4 is 34.9 Å². The number of anilines is 1. The molecule has 6 heteroatoms. The first-order valence-corrected chi connectivity index (χ1v) is 7.66. The van der Waals surface area contributed by atoms with Crippen LogP contribution < -0.4 is 4.90 Å². The highest BCUT2D eigenvalue weighted by atomic mass is 35.5. The van der Waals surface area contributed by atoms with E-state index in [2.05, 4.69) is 5.10 Å². The zero-order valence-corrected chi connectivity index (χ0v) is 13.8. The smallest absolute Gasteiger partial charge is 0.260 e. The fourth-order valence-electron chi connectivity index (χ4n) is 2.18. The lowest BCUT2D eigenvalue weighted by molar-refractivity contribution is 0.0992. The molecule has 0 aliphatic rings. The van der Waals surface area contributed by atoms with E-state index in [-0.39, 0.29) is 5.91 Å². The van der Waals surface area contributed by atoms with E-state index >= 15 is 0 Å². The van der Waals surface area contributed by atoms with Crippen molar-refractivity contribution in [2.75, 3.05) is 11.9 Å². The van der Waals surface area contributed by atoms with Crippen molar-refractivity contribution in [1.82, 2.24) is 9.78 Å². The number of benzene rings is 2. The van der Waals surface area contributed by atoms with Crippen LogP contribution >= 0.6 is 23.2 Å². The zero-order chi connectivity index (χ0) is 16.4. The number of nitrogens with zero attached hydrogens (tertiary/aromatic N) is 3. The Morgan fingerprint density at radius 2 is 1.65 bits per heavy atom. The molecular weight excluding hydrogens is 333 g/mol. The number of carbonyl (C=O) groups excluding carboxylic acids is 1.